The van der Waals surface area contributed by atoms with Crippen molar-refractivity contribution in [3.63, 3.8) is 0 Å². The second kappa shape index (κ2) is 3.13. The van der Waals surface area contributed by atoms with Gasteiger partial charge in [-0.05, 0) is 32.6 Å². The summed E-state index contributed by atoms with van der Waals surface area (Å²) in [6.45, 7) is 2.03. The van der Waals surface area contributed by atoms with Crippen LogP contribution in [-0.4, -0.2) is 29.2 Å². The predicted molar refractivity (Wildman–Crippen MR) is 48.1 cm³/mol. The highest BCUT2D eigenvalue weighted by Gasteiger charge is 2.41. The Kier molecular flexibility index (Phi) is 2.10. The van der Waals surface area contributed by atoms with Crippen LogP contribution in [0.15, 0.2) is 0 Å². The van der Waals surface area contributed by atoms with E-state index in [9.17, 15) is 9.59 Å². The molecule has 2 atom stereocenters. The van der Waals surface area contributed by atoms with E-state index in [1.54, 1.807) is 4.90 Å². The normalized spacial score (nSPS) is 33.5. The van der Waals surface area contributed by atoms with E-state index in [2.05, 4.69) is 0 Å². The Morgan fingerprint density at radius 3 is 2.54 bits per heavy atom. The Morgan fingerprint density at radius 2 is 2.00 bits per heavy atom. The standard InChI is InChI=1S/C10H15NO2/c1-7-2-5-9(6-12)11(7)10(13)8-3-4-8/h6-9H,2-5H2,1H3. The molecule has 0 spiro atoms. The maximum atomic E-state index is 11.8. The second-order valence-electron chi connectivity index (χ2n) is 4.15. The molecule has 2 unspecified atom stereocenters. The maximum Gasteiger partial charge on any atom is 0.226 e. The highest BCUT2D eigenvalue weighted by molar-refractivity contribution is 5.84. The lowest BCUT2D eigenvalue weighted by atomic mass is 10.2. The van der Waals surface area contributed by atoms with Crippen LogP contribution in [-0.2, 0) is 9.59 Å². The summed E-state index contributed by atoms with van der Waals surface area (Å²) < 4.78 is 0. The Morgan fingerprint density at radius 1 is 1.31 bits per heavy atom. The first kappa shape index (κ1) is 8.73. The Bertz CT molecular complexity index is 235. The van der Waals surface area contributed by atoms with Gasteiger partial charge in [0.2, 0.25) is 5.91 Å². The van der Waals surface area contributed by atoms with Gasteiger partial charge in [0.15, 0.2) is 0 Å². The minimum absolute atomic E-state index is 0.136. The number of likely N-dealkylation sites (tertiary alicyclic amines) is 1. The van der Waals surface area contributed by atoms with E-state index in [0.717, 1.165) is 32.0 Å². The van der Waals surface area contributed by atoms with Gasteiger partial charge < -0.3 is 9.69 Å². The molecule has 3 heteroatoms. The molecule has 2 fully saturated rings. The lowest BCUT2D eigenvalue weighted by molar-refractivity contribution is -0.137. The van der Waals surface area contributed by atoms with Gasteiger partial charge in [-0.1, -0.05) is 0 Å². The van der Waals surface area contributed by atoms with Crippen molar-refractivity contribution in [1.29, 1.82) is 0 Å². The molecule has 0 aromatic heterocycles. The fourth-order valence-corrected chi connectivity index (χ4v) is 2.07. The monoisotopic (exact) mass is 181 g/mol. The van der Waals surface area contributed by atoms with Crippen LogP contribution < -0.4 is 0 Å². The summed E-state index contributed by atoms with van der Waals surface area (Å²) in [6, 6.07) is 0.131. The van der Waals surface area contributed by atoms with Crippen LogP contribution in [0.2, 0.25) is 0 Å². The van der Waals surface area contributed by atoms with Crippen molar-refractivity contribution in [3.05, 3.63) is 0 Å². The average Bonchev–Trinajstić information content (AvgIpc) is 2.89. The van der Waals surface area contributed by atoms with Crippen LogP contribution in [0.25, 0.3) is 0 Å². The number of amides is 1. The summed E-state index contributed by atoms with van der Waals surface area (Å²) in [4.78, 5) is 24.3. The van der Waals surface area contributed by atoms with Gasteiger partial charge in [0.25, 0.3) is 0 Å². The van der Waals surface area contributed by atoms with Gasteiger partial charge in [0.1, 0.15) is 6.29 Å². The van der Waals surface area contributed by atoms with Crippen molar-refractivity contribution >= 4 is 12.2 Å². The lowest BCUT2D eigenvalue weighted by Gasteiger charge is -2.25. The molecule has 72 valence electrons. The van der Waals surface area contributed by atoms with Gasteiger partial charge in [-0.2, -0.15) is 0 Å². The maximum absolute atomic E-state index is 11.8. The van der Waals surface area contributed by atoms with Crippen molar-refractivity contribution in [2.75, 3.05) is 0 Å². The molecule has 0 radical (unpaired) electrons. The molecular formula is C10H15NO2. The van der Waals surface area contributed by atoms with Crippen molar-refractivity contribution in [3.8, 4) is 0 Å². The zero-order chi connectivity index (χ0) is 9.42. The molecule has 2 aliphatic rings. The fraction of sp³-hybridized carbons (Fsp3) is 0.800. The van der Waals surface area contributed by atoms with Crippen molar-refractivity contribution in [2.24, 2.45) is 5.92 Å². The number of hydrogen-bond donors (Lipinski definition) is 0. The third-order valence-electron chi connectivity index (χ3n) is 3.05. The van der Waals surface area contributed by atoms with E-state index in [4.69, 9.17) is 0 Å². The molecule has 1 aliphatic heterocycles. The minimum atomic E-state index is -0.136. The summed E-state index contributed by atoms with van der Waals surface area (Å²) in [5.41, 5.74) is 0. The number of rotatable bonds is 2. The Balaban J connectivity index is 2.08. The van der Waals surface area contributed by atoms with Crippen LogP contribution >= 0.6 is 0 Å². The first-order valence-corrected chi connectivity index (χ1v) is 5.01. The lowest BCUT2D eigenvalue weighted by Crippen LogP contribution is -2.41. The number of nitrogens with zero attached hydrogens (tertiary/aromatic N) is 1. The molecule has 0 aromatic rings. The third-order valence-corrected chi connectivity index (χ3v) is 3.05. The van der Waals surface area contributed by atoms with Gasteiger partial charge in [-0.25, -0.2) is 0 Å². The van der Waals surface area contributed by atoms with Gasteiger partial charge in [0.05, 0.1) is 6.04 Å². The number of carbonyl (C=O) groups excluding carboxylic acids is 2. The Labute approximate surface area is 78.1 Å². The van der Waals surface area contributed by atoms with Crippen LogP contribution in [0.1, 0.15) is 32.6 Å². The average molecular weight is 181 g/mol. The van der Waals surface area contributed by atoms with Crippen LogP contribution in [0.3, 0.4) is 0 Å². The summed E-state index contributed by atoms with van der Waals surface area (Å²) in [7, 11) is 0. The highest BCUT2D eigenvalue weighted by atomic mass is 16.2. The first-order valence-electron chi connectivity index (χ1n) is 5.01. The summed E-state index contributed by atoms with van der Waals surface area (Å²) in [6.07, 6.45) is 4.79. The predicted octanol–water partition coefficient (Wildman–Crippen LogP) is 0.975. The number of aldehydes is 1. The van der Waals surface area contributed by atoms with E-state index < -0.39 is 0 Å². The van der Waals surface area contributed by atoms with Crippen molar-refractivity contribution < 1.29 is 9.59 Å². The molecule has 3 nitrogen and oxygen atoms in total. The van der Waals surface area contributed by atoms with Crippen LogP contribution in [0.5, 0.6) is 0 Å². The largest absolute Gasteiger partial charge is 0.330 e. The number of carbonyl (C=O) groups is 2. The van der Waals surface area contributed by atoms with E-state index in [1.807, 2.05) is 6.92 Å². The van der Waals surface area contributed by atoms with Gasteiger partial charge in [-0.3, -0.25) is 4.79 Å². The number of hydrogen-bond acceptors (Lipinski definition) is 2. The summed E-state index contributed by atoms with van der Waals surface area (Å²) in [5, 5.41) is 0. The van der Waals surface area contributed by atoms with E-state index >= 15 is 0 Å². The first-order chi connectivity index (χ1) is 6.24. The smallest absolute Gasteiger partial charge is 0.226 e. The minimum Gasteiger partial charge on any atom is -0.330 e. The molecule has 2 rings (SSSR count). The van der Waals surface area contributed by atoms with E-state index in [1.165, 1.54) is 0 Å². The fourth-order valence-electron chi connectivity index (χ4n) is 2.07. The van der Waals surface area contributed by atoms with Crippen molar-refractivity contribution in [2.45, 2.75) is 44.7 Å². The molecule has 1 amide bonds. The molecule has 0 aromatic carbocycles. The molecule has 0 bridgehead atoms. The van der Waals surface area contributed by atoms with Gasteiger partial charge in [0, 0.05) is 12.0 Å². The van der Waals surface area contributed by atoms with E-state index in [0.29, 0.717) is 0 Å². The van der Waals surface area contributed by atoms with Gasteiger partial charge in [-0.15, -0.1) is 0 Å². The van der Waals surface area contributed by atoms with Gasteiger partial charge >= 0.3 is 0 Å². The molecule has 1 heterocycles. The third kappa shape index (κ3) is 1.47. The SMILES string of the molecule is CC1CCC(C=O)N1C(=O)C1CC1. The zero-order valence-corrected chi connectivity index (χ0v) is 7.90. The summed E-state index contributed by atoms with van der Waals surface area (Å²) >= 11 is 0. The van der Waals surface area contributed by atoms with Crippen LogP contribution in [0.4, 0.5) is 0 Å². The molecule has 0 N–H and O–H groups in total. The van der Waals surface area contributed by atoms with Crippen LogP contribution in [0, 0.1) is 5.92 Å². The summed E-state index contributed by atoms with van der Waals surface area (Å²) in [5.74, 6) is 0.449. The molecule has 1 aliphatic carbocycles. The quantitative estimate of drug-likeness (QED) is 0.595. The molecule has 13 heavy (non-hydrogen) atoms. The topological polar surface area (TPSA) is 37.4 Å². The second-order valence-corrected chi connectivity index (χ2v) is 4.15. The molecule has 1 saturated heterocycles. The van der Waals surface area contributed by atoms with E-state index in [-0.39, 0.29) is 23.9 Å². The van der Waals surface area contributed by atoms with Crippen molar-refractivity contribution in [1.82, 2.24) is 4.90 Å². The Hall–Kier alpha value is -0.860. The molecular weight excluding hydrogens is 166 g/mol. The molecule has 1 saturated carbocycles. The zero-order valence-electron chi connectivity index (χ0n) is 7.90. The highest BCUT2D eigenvalue weighted by Crippen LogP contribution is 2.35.